The molecule has 3 aromatic rings. The fraction of sp³-hybridized carbons (Fsp3) is 0.263. The third-order valence-corrected chi connectivity index (χ3v) is 4.04. The lowest BCUT2D eigenvalue weighted by atomic mass is 10.2. The molecule has 0 aliphatic carbocycles. The van der Waals surface area contributed by atoms with Crippen LogP contribution in [0.4, 0.5) is 4.39 Å². The highest BCUT2D eigenvalue weighted by atomic mass is 19.1. The summed E-state index contributed by atoms with van der Waals surface area (Å²) >= 11 is 0. The van der Waals surface area contributed by atoms with Crippen LogP contribution in [0.15, 0.2) is 48.8 Å². The number of carbonyl (C=O) groups excluding carboxylic acids is 1. The lowest BCUT2D eigenvalue weighted by Gasteiger charge is -2.24. The first-order valence-electron chi connectivity index (χ1n) is 8.15. The van der Waals surface area contributed by atoms with Gasteiger partial charge in [-0.3, -0.25) is 9.78 Å². The second-order valence-electron chi connectivity index (χ2n) is 6.28. The van der Waals surface area contributed by atoms with Crippen molar-refractivity contribution < 1.29 is 9.18 Å². The third kappa shape index (κ3) is 4.03. The second kappa shape index (κ2) is 7.44. The molecule has 5 nitrogen and oxygen atoms in total. The number of pyridine rings is 1. The van der Waals surface area contributed by atoms with Crippen molar-refractivity contribution in [3.8, 4) is 0 Å². The monoisotopic (exact) mass is 340 g/mol. The van der Waals surface area contributed by atoms with E-state index in [1.54, 1.807) is 35.5 Å². The van der Waals surface area contributed by atoms with Crippen molar-refractivity contribution in [2.24, 2.45) is 0 Å². The fourth-order valence-corrected chi connectivity index (χ4v) is 2.69. The fourth-order valence-electron chi connectivity index (χ4n) is 2.69. The Morgan fingerprint density at radius 2 is 2.04 bits per heavy atom. The largest absolute Gasteiger partial charge is 0.350 e. The van der Waals surface area contributed by atoms with Crippen LogP contribution < -0.4 is 0 Å². The highest BCUT2D eigenvalue weighted by molar-refractivity contribution is 5.98. The van der Waals surface area contributed by atoms with Gasteiger partial charge in [0.15, 0.2) is 0 Å². The molecule has 0 spiro atoms. The van der Waals surface area contributed by atoms with Crippen molar-refractivity contribution in [1.82, 2.24) is 19.8 Å². The number of hydrogen-bond acceptors (Lipinski definition) is 3. The summed E-state index contributed by atoms with van der Waals surface area (Å²) in [5.74, 6) is -0.485. The maximum Gasteiger partial charge on any atom is 0.270 e. The van der Waals surface area contributed by atoms with Crippen LogP contribution in [0.1, 0.15) is 16.1 Å². The molecule has 2 heterocycles. The minimum Gasteiger partial charge on any atom is -0.350 e. The molecule has 1 amide bonds. The molecule has 1 N–H and O–H groups in total. The van der Waals surface area contributed by atoms with Crippen molar-refractivity contribution in [1.29, 1.82) is 0 Å². The van der Waals surface area contributed by atoms with Gasteiger partial charge in [-0.05, 0) is 43.9 Å². The van der Waals surface area contributed by atoms with Crippen molar-refractivity contribution in [3.05, 3.63) is 65.9 Å². The first kappa shape index (κ1) is 17.1. The van der Waals surface area contributed by atoms with Crippen molar-refractivity contribution in [2.75, 3.05) is 27.2 Å². The van der Waals surface area contributed by atoms with Crippen LogP contribution in [-0.4, -0.2) is 52.9 Å². The lowest BCUT2D eigenvalue weighted by molar-refractivity contribution is 0.0727. The molecule has 130 valence electrons. The number of amides is 1. The number of H-pyrrole nitrogens is 1. The average Bonchev–Trinajstić information content (AvgIpc) is 3.04. The standard InChI is InChI=1S/C19H21FN4O/c1-23(2)9-10-24(13-14-5-4-8-21-12-14)19(25)18-11-15-16(20)6-3-7-17(15)22-18/h3-8,11-12,22H,9-10,13H2,1-2H3. The number of benzene rings is 1. The summed E-state index contributed by atoms with van der Waals surface area (Å²) in [5, 5.41) is 0.430. The molecule has 0 fully saturated rings. The number of nitrogens with one attached hydrogen (secondary N) is 1. The van der Waals surface area contributed by atoms with E-state index in [-0.39, 0.29) is 11.7 Å². The number of hydrogen-bond donors (Lipinski definition) is 1. The summed E-state index contributed by atoms with van der Waals surface area (Å²) in [5.41, 5.74) is 1.97. The molecule has 0 saturated carbocycles. The van der Waals surface area contributed by atoms with Gasteiger partial charge in [-0.15, -0.1) is 0 Å². The normalized spacial score (nSPS) is 11.2. The van der Waals surface area contributed by atoms with E-state index in [1.807, 2.05) is 31.1 Å². The van der Waals surface area contributed by atoms with Gasteiger partial charge in [-0.1, -0.05) is 12.1 Å². The molecule has 3 rings (SSSR count). The van der Waals surface area contributed by atoms with Crippen LogP contribution in [0.3, 0.4) is 0 Å². The Balaban J connectivity index is 1.87. The maximum atomic E-state index is 13.9. The van der Waals surface area contributed by atoms with Gasteiger partial charge >= 0.3 is 0 Å². The van der Waals surface area contributed by atoms with E-state index in [9.17, 15) is 9.18 Å². The molecule has 0 aliphatic heterocycles. The first-order chi connectivity index (χ1) is 12.0. The van der Waals surface area contributed by atoms with E-state index in [0.717, 1.165) is 12.1 Å². The van der Waals surface area contributed by atoms with Gasteiger partial charge in [0.05, 0.1) is 0 Å². The summed E-state index contributed by atoms with van der Waals surface area (Å²) < 4.78 is 13.9. The van der Waals surface area contributed by atoms with Crippen LogP contribution >= 0.6 is 0 Å². The molecular weight excluding hydrogens is 319 g/mol. The molecule has 25 heavy (non-hydrogen) atoms. The molecule has 1 aromatic carbocycles. The maximum absolute atomic E-state index is 13.9. The van der Waals surface area contributed by atoms with E-state index < -0.39 is 0 Å². The zero-order valence-electron chi connectivity index (χ0n) is 14.4. The van der Waals surface area contributed by atoms with Crippen molar-refractivity contribution in [2.45, 2.75) is 6.54 Å². The van der Waals surface area contributed by atoms with E-state index in [0.29, 0.717) is 29.7 Å². The summed E-state index contributed by atoms with van der Waals surface area (Å²) in [6, 6.07) is 10.2. The number of aromatic nitrogens is 2. The number of aromatic amines is 1. The molecule has 2 aromatic heterocycles. The highest BCUT2D eigenvalue weighted by Gasteiger charge is 2.19. The number of nitrogens with zero attached hydrogens (tertiary/aromatic N) is 3. The smallest absolute Gasteiger partial charge is 0.270 e. The van der Waals surface area contributed by atoms with Crippen LogP contribution in [0.25, 0.3) is 10.9 Å². The molecule has 0 bridgehead atoms. The SMILES string of the molecule is CN(C)CCN(Cc1cccnc1)C(=O)c1cc2c(F)cccc2[nH]1. The van der Waals surface area contributed by atoms with Gasteiger partial charge in [0.25, 0.3) is 5.91 Å². The molecule has 0 unspecified atom stereocenters. The zero-order chi connectivity index (χ0) is 17.8. The number of halogens is 1. The summed E-state index contributed by atoms with van der Waals surface area (Å²) in [6.07, 6.45) is 3.46. The Bertz CT molecular complexity index is 860. The quantitative estimate of drug-likeness (QED) is 0.751. The Morgan fingerprint density at radius 3 is 2.72 bits per heavy atom. The van der Waals surface area contributed by atoms with Gasteiger partial charge in [-0.25, -0.2) is 4.39 Å². The Labute approximate surface area is 146 Å². The van der Waals surface area contributed by atoms with Gasteiger partial charge in [0.1, 0.15) is 11.5 Å². The van der Waals surface area contributed by atoms with Crippen LogP contribution in [0.5, 0.6) is 0 Å². The number of carbonyl (C=O) groups is 1. The molecular formula is C19H21FN4O. The molecule has 0 atom stereocenters. The average molecular weight is 340 g/mol. The summed E-state index contributed by atoms with van der Waals surface area (Å²) in [6.45, 7) is 1.76. The number of fused-ring (bicyclic) bond motifs is 1. The third-order valence-electron chi connectivity index (χ3n) is 4.04. The van der Waals surface area contributed by atoms with E-state index in [2.05, 4.69) is 9.97 Å². The van der Waals surface area contributed by atoms with Gasteiger partial charge in [-0.2, -0.15) is 0 Å². The zero-order valence-corrected chi connectivity index (χ0v) is 14.4. The van der Waals surface area contributed by atoms with Crippen LogP contribution in [0.2, 0.25) is 0 Å². The molecule has 6 heteroatoms. The van der Waals surface area contributed by atoms with Crippen LogP contribution in [0, 0.1) is 5.82 Å². The first-order valence-corrected chi connectivity index (χ1v) is 8.15. The summed E-state index contributed by atoms with van der Waals surface area (Å²) in [7, 11) is 3.93. The second-order valence-corrected chi connectivity index (χ2v) is 6.28. The Kier molecular flexibility index (Phi) is 5.09. The molecule has 0 saturated heterocycles. The predicted molar refractivity (Wildman–Crippen MR) is 95.8 cm³/mol. The number of likely N-dealkylation sites (N-methyl/N-ethyl adjacent to an activating group) is 1. The van der Waals surface area contributed by atoms with Crippen molar-refractivity contribution in [3.63, 3.8) is 0 Å². The topological polar surface area (TPSA) is 52.2 Å². The number of rotatable bonds is 6. The van der Waals surface area contributed by atoms with E-state index in [1.165, 1.54) is 6.07 Å². The van der Waals surface area contributed by atoms with Crippen LogP contribution in [-0.2, 0) is 6.54 Å². The van der Waals surface area contributed by atoms with Crippen molar-refractivity contribution >= 4 is 16.8 Å². The Hall–Kier alpha value is -2.73. The van der Waals surface area contributed by atoms with E-state index in [4.69, 9.17) is 0 Å². The van der Waals surface area contributed by atoms with E-state index >= 15 is 0 Å². The molecule has 0 radical (unpaired) electrons. The lowest BCUT2D eigenvalue weighted by Crippen LogP contribution is -2.36. The molecule has 0 aliphatic rings. The predicted octanol–water partition coefficient (Wildman–Crippen LogP) is 2.91. The minimum absolute atomic E-state index is 0.152. The minimum atomic E-state index is -0.333. The highest BCUT2D eigenvalue weighted by Crippen LogP contribution is 2.20. The Morgan fingerprint density at radius 1 is 1.20 bits per heavy atom. The van der Waals surface area contributed by atoms with Gasteiger partial charge < -0.3 is 14.8 Å². The van der Waals surface area contributed by atoms with Gasteiger partial charge in [0.2, 0.25) is 0 Å². The van der Waals surface area contributed by atoms with Gasteiger partial charge in [0, 0.05) is 42.9 Å². The summed E-state index contributed by atoms with van der Waals surface area (Å²) in [4.78, 5) is 23.9.